The minimum absolute atomic E-state index is 0.0309. The van der Waals surface area contributed by atoms with Crippen LogP contribution >= 0.6 is 0 Å². The molecule has 0 aromatic heterocycles. The van der Waals surface area contributed by atoms with Gasteiger partial charge < -0.3 is 9.84 Å². The summed E-state index contributed by atoms with van der Waals surface area (Å²) in [5.74, 6) is 0.229. The molecule has 0 saturated heterocycles. The number of benzene rings is 1. The summed E-state index contributed by atoms with van der Waals surface area (Å²) in [4.78, 5) is 10.9. The summed E-state index contributed by atoms with van der Waals surface area (Å²) >= 11 is 0. The Labute approximate surface area is 168 Å². The van der Waals surface area contributed by atoms with Gasteiger partial charge in [0.25, 0.3) is 0 Å². The summed E-state index contributed by atoms with van der Waals surface area (Å²) < 4.78 is 47.7. The molecule has 1 N–H and O–H groups in total. The maximum atomic E-state index is 12.6. The fraction of sp³-hybridized carbons (Fsp3) is 0.409. The van der Waals surface area contributed by atoms with Gasteiger partial charge in [0.15, 0.2) is 0 Å². The first-order chi connectivity index (χ1) is 13.7. The van der Waals surface area contributed by atoms with Crippen LogP contribution in [0.25, 0.3) is 0 Å². The van der Waals surface area contributed by atoms with Crippen molar-refractivity contribution in [1.29, 1.82) is 0 Å². The Morgan fingerprint density at radius 2 is 2.17 bits per heavy atom. The molecule has 0 radical (unpaired) electrons. The molecule has 158 valence electrons. The van der Waals surface area contributed by atoms with E-state index in [1.807, 2.05) is 19.1 Å². The second-order valence-electron chi connectivity index (χ2n) is 6.81. The van der Waals surface area contributed by atoms with Crippen molar-refractivity contribution in [2.24, 2.45) is 5.92 Å². The SMILES string of the molecule is CC/C=C\C(CCc1cccc(OC2=CC=CC(CC(=O)O)C2)c1)OC(F)(F)F. The van der Waals surface area contributed by atoms with E-state index in [4.69, 9.17) is 9.84 Å². The summed E-state index contributed by atoms with van der Waals surface area (Å²) in [5.41, 5.74) is 0.831. The van der Waals surface area contributed by atoms with Crippen LogP contribution in [0.5, 0.6) is 5.75 Å². The van der Waals surface area contributed by atoms with Gasteiger partial charge >= 0.3 is 12.3 Å². The highest BCUT2D eigenvalue weighted by atomic mass is 19.4. The second kappa shape index (κ2) is 10.9. The van der Waals surface area contributed by atoms with Crippen LogP contribution in [0.1, 0.15) is 38.2 Å². The number of alkyl halides is 3. The Morgan fingerprint density at radius 3 is 2.86 bits per heavy atom. The highest BCUT2D eigenvalue weighted by Crippen LogP contribution is 2.26. The molecule has 0 amide bonds. The minimum atomic E-state index is -4.68. The number of allylic oxidation sites excluding steroid dienone is 5. The monoisotopic (exact) mass is 410 g/mol. The first-order valence-corrected chi connectivity index (χ1v) is 9.52. The lowest BCUT2D eigenvalue weighted by Gasteiger charge is -2.18. The molecular formula is C22H25F3O4. The first-order valence-electron chi connectivity index (χ1n) is 9.52. The van der Waals surface area contributed by atoms with Crippen LogP contribution in [0.15, 0.2) is 60.4 Å². The van der Waals surface area contributed by atoms with Crippen molar-refractivity contribution in [2.75, 3.05) is 0 Å². The van der Waals surface area contributed by atoms with Crippen LogP contribution in [0.2, 0.25) is 0 Å². The lowest BCUT2D eigenvalue weighted by molar-refractivity contribution is -0.336. The molecule has 2 atom stereocenters. The van der Waals surface area contributed by atoms with E-state index in [0.29, 0.717) is 30.8 Å². The van der Waals surface area contributed by atoms with Crippen molar-refractivity contribution in [3.63, 3.8) is 0 Å². The first kappa shape index (κ1) is 22.7. The van der Waals surface area contributed by atoms with Gasteiger partial charge in [-0.15, -0.1) is 13.2 Å². The van der Waals surface area contributed by atoms with Gasteiger partial charge in [0.1, 0.15) is 11.5 Å². The molecule has 1 aromatic carbocycles. The van der Waals surface area contributed by atoms with E-state index in [1.165, 1.54) is 6.08 Å². The molecule has 4 nitrogen and oxygen atoms in total. The van der Waals surface area contributed by atoms with E-state index in [1.54, 1.807) is 36.4 Å². The number of carbonyl (C=O) groups is 1. The summed E-state index contributed by atoms with van der Waals surface area (Å²) in [6, 6.07) is 7.14. The molecule has 0 bridgehead atoms. The van der Waals surface area contributed by atoms with Crippen LogP contribution in [-0.2, 0) is 16.0 Å². The van der Waals surface area contributed by atoms with Crippen molar-refractivity contribution >= 4 is 5.97 Å². The average Bonchev–Trinajstić information content (AvgIpc) is 2.63. The molecule has 0 aliphatic heterocycles. The van der Waals surface area contributed by atoms with E-state index < -0.39 is 18.4 Å². The standard InChI is InChI=1S/C22H25F3O4/c1-2-3-8-18(29-22(23,24)25)12-11-16-6-4-9-19(13-16)28-20-10-5-7-17(14-20)15-21(26)27/h3-10,13,17-18H,2,11-12,14-15H2,1H3,(H,26,27)/b8-3-. The quantitative estimate of drug-likeness (QED) is 0.495. The molecule has 0 fully saturated rings. The van der Waals surface area contributed by atoms with Gasteiger partial charge in [-0.25, -0.2) is 0 Å². The predicted octanol–water partition coefficient (Wildman–Crippen LogP) is 5.80. The molecular weight excluding hydrogens is 385 g/mol. The van der Waals surface area contributed by atoms with Crippen LogP contribution < -0.4 is 4.74 Å². The molecule has 0 saturated carbocycles. The van der Waals surface area contributed by atoms with Crippen LogP contribution in [0.4, 0.5) is 13.2 Å². The molecule has 1 aliphatic carbocycles. The van der Waals surface area contributed by atoms with Crippen molar-refractivity contribution in [3.8, 4) is 5.75 Å². The largest absolute Gasteiger partial charge is 0.523 e. The number of carboxylic acids is 1. The number of rotatable bonds is 10. The Balaban J connectivity index is 1.96. The van der Waals surface area contributed by atoms with E-state index in [9.17, 15) is 18.0 Å². The summed E-state index contributed by atoms with van der Waals surface area (Å²) in [5, 5.41) is 8.93. The van der Waals surface area contributed by atoms with Gasteiger partial charge in [-0.2, -0.15) is 0 Å². The maximum absolute atomic E-state index is 12.6. The zero-order valence-electron chi connectivity index (χ0n) is 16.2. The molecule has 0 heterocycles. The van der Waals surface area contributed by atoms with Gasteiger partial charge in [-0.05, 0) is 49.0 Å². The predicted molar refractivity (Wildman–Crippen MR) is 103 cm³/mol. The van der Waals surface area contributed by atoms with Crippen molar-refractivity contribution in [2.45, 2.75) is 51.5 Å². The molecule has 29 heavy (non-hydrogen) atoms. The van der Waals surface area contributed by atoms with E-state index in [0.717, 1.165) is 5.56 Å². The van der Waals surface area contributed by atoms with Crippen LogP contribution in [-0.4, -0.2) is 23.5 Å². The van der Waals surface area contributed by atoms with E-state index in [2.05, 4.69) is 4.74 Å². The van der Waals surface area contributed by atoms with Gasteiger partial charge in [-0.3, -0.25) is 9.53 Å². The Bertz CT molecular complexity index is 766. The van der Waals surface area contributed by atoms with E-state index >= 15 is 0 Å². The zero-order chi connectivity index (χ0) is 21.3. The highest BCUT2D eigenvalue weighted by molar-refractivity contribution is 5.67. The number of aliphatic carboxylic acids is 1. The lowest BCUT2D eigenvalue weighted by Crippen LogP contribution is -2.22. The fourth-order valence-corrected chi connectivity index (χ4v) is 3.03. The second-order valence-corrected chi connectivity index (χ2v) is 6.81. The zero-order valence-corrected chi connectivity index (χ0v) is 16.2. The number of ether oxygens (including phenoxy) is 2. The number of carboxylic acid groups (broad SMARTS) is 1. The Morgan fingerprint density at radius 1 is 1.38 bits per heavy atom. The fourth-order valence-electron chi connectivity index (χ4n) is 3.03. The normalized spacial score (nSPS) is 17.9. The summed E-state index contributed by atoms with van der Waals surface area (Å²) in [6.07, 6.45) is 4.50. The molecule has 7 heteroatoms. The van der Waals surface area contributed by atoms with E-state index in [-0.39, 0.29) is 18.8 Å². The maximum Gasteiger partial charge on any atom is 0.523 e. The third-order valence-electron chi connectivity index (χ3n) is 4.30. The summed E-state index contributed by atoms with van der Waals surface area (Å²) in [6.45, 7) is 1.85. The molecule has 0 spiro atoms. The Hall–Kier alpha value is -2.54. The topological polar surface area (TPSA) is 55.8 Å². The molecule has 1 aromatic rings. The van der Waals surface area contributed by atoms with Gasteiger partial charge in [0, 0.05) is 6.42 Å². The van der Waals surface area contributed by atoms with Crippen molar-refractivity contribution in [1.82, 2.24) is 0 Å². The van der Waals surface area contributed by atoms with Crippen LogP contribution in [0.3, 0.4) is 0 Å². The highest BCUT2D eigenvalue weighted by Gasteiger charge is 2.32. The van der Waals surface area contributed by atoms with Gasteiger partial charge in [-0.1, -0.05) is 43.4 Å². The Kier molecular flexibility index (Phi) is 8.51. The smallest absolute Gasteiger partial charge is 0.481 e. The molecule has 1 aliphatic rings. The van der Waals surface area contributed by atoms with Gasteiger partial charge in [0.05, 0.1) is 12.5 Å². The third kappa shape index (κ3) is 9.00. The average molecular weight is 410 g/mol. The molecule has 2 unspecified atom stereocenters. The lowest BCUT2D eigenvalue weighted by atomic mass is 9.96. The third-order valence-corrected chi connectivity index (χ3v) is 4.30. The van der Waals surface area contributed by atoms with Gasteiger partial charge in [0.2, 0.25) is 0 Å². The number of aryl methyl sites for hydroxylation is 1. The van der Waals surface area contributed by atoms with Crippen molar-refractivity contribution in [3.05, 3.63) is 66.0 Å². The minimum Gasteiger partial charge on any atom is -0.481 e. The summed E-state index contributed by atoms with van der Waals surface area (Å²) in [7, 11) is 0. The van der Waals surface area contributed by atoms with Crippen molar-refractivity contribution < 1.29 is 32.5 Å². The number of hydrogen-bond donors (Lipinski definition) is 1. The number of hydrogen-bond acceptors (Lipinski definition) is 3. The number of halogens is 3. The van der Waals surface area contributed by atoms with Crippen LogP contribution in [0, 0.1) is 5.92 Å². The molecule has 2 rings (SSSR count).